The lowest BCUT2D eigenvalue weighted by Gasteiger charge is -2.29. The zero-order chi connectivity index (χ0) is 13.8. The van der Waals surface area contributed by atoms with Gasteiger partial charge >= 0.3 is 0 Å². The zero-order valence-corrected chi connectivity index (χ0v) is 11.6. The summed E-state index contributed by atoms with van der Waals surface area (Å²) < 4.78 is 0. The van der Waals surface area contributed by atoms with Crippen LogP contribution in [0, 0.1) is 0 Å². The van der Waals surface area contributed by atoms with Crippen LogP contribution in [0.2, 0.25) is 0 Å². The van der Waals surface area contributed by atoms with Crippen LogP contribution >= 0.6 is 0 Å². The second-order valence-electron chi connectivity index (χ2n) is 5.54. The Morgan fingerprint density at radius 3 is 2.28 bits per heavy atom. The minimum Gasteiger partial charge on any atom is -0.390 e. The van der Waals surface area contributed by atoms with Crippen LogP contribution < -0.4 is 5.32 Å². The maximum atomic E-state index is 11.9. The first kappa shape index (κ1) is 14.7. The molecule has 100 valence electrons. The summed E-state index contributed by atoms with van der Waals surface area (Å²) in [6.07, 6.45) is 0.297. The molecule has 0 heterocycles. The van der Waals surface area contributed by atoms with Crippen LogP contribution in [0.25, 0.3) is 0 Å². The summed E-state index contributed by atoms with van der Waals surface area (Å²) >= 11 is 0. The Hall–Kier alpha value is -1.35. The predicted octanol–water partition coefficient (Wildman–Crippen LogP) is 2.46. The number of benzene rings is 1. The third kappa shape index (κ3) is 4.49. The molecule has 0 aromatic heterocycles. The van der Waals surface area contributed by atoms with Gasteiger partial charge in [0.2, 0.25) is 5.91 Å². The number of rotatable bonds is 5. The molecular formula is C15H23NO2. The molecule has 3 nitrogen and oxygen atoms in total. The van der Waals surface area contributed by atoms with Gasteiger partial charge in [0.15, 0.2) is 0 Å². The van der Waals surface area contributed by atoms with Crippen LogP contribution in [0.3, 0.4) is 0 Å². The smallest absolute Gasteiger partial charge is 0.220 e. The maximum absolute atomic E-state index is 11.9. The summed E-state index contributed by atoms with van der Waals surface area (Å²) in [6, 6.07) is 9.80. The first-order valence-corrected chi connectivity index (χ1v) is 6.37. The van der Waals surface area contributed by atoms with E-state index in [9.17, 15) is 9.90 Å². The van der Waals surface area contributed by atoms with Crippen LogP contribution in [0.5, 0.6) is 0 Å². The number of aliphatic hydroxyl groups is 1. The van der Waals surface area contributed by atoms with E-state index in [2.05, 4.69) is 5.32 Å². The van der Waals surface area contributed by atoms with Gasteiger partial charge in [-0.15, -0.1) is 0 Å². The third-order valence-electron chi connectivity index (χ3n) is 2.89. The second-order valence-corrected chi connectivity index (χ2v) is 5.54. The molecule has 1 unspecified atom stereocenters. The Bertz CT molecular complexity index is 379. The van der Waals surface area contributed by atoms with E-state index in [-0.39, 0.29) is 17.9 Å². The Labute approximate surface area is 109 Å². The predicted molar refractivity (Wildman–Crippen MR) is 73.4 cm³/mol. The van der Waals surface area contributed by atoms with Gasteiger partial charge in [-0.25, -0.2) is 0 Å². The monoisotopic (exact) mass is 249 g/mol. The van der Waals surface area contributed by atoms with E-state index in [1.165, 1.54) is 0 Å². The molecule has 0 saturated heterocycles. The maximum Gasteiger partial charge on any atom is 0.220 e. The summed E-state index contributed by atoms with van der Waals surface area (Å²) in [5.41, 5.74) is 0.0688. The van der Waals surface area contributed by atoms with Gasteiger partial charge in [0.25, 0.3) is 0 Å². The van der Waals surface area contributed by atoms with E-state index in [0.29, 0.717) is 6.42 Å². The second kappa shape index (κ2) is 6.01. The highest BCUT2D eigenvalue weighted by atomic mass is 16.3. The highest BCUT2D eigenvalue weighted by molar-refractivity contribution is 5.77. The standard InChI is InChI=1S/C15H23NO2/c1-11(2)16-14(17)10-13(15(3,4)18)12-8-6-5-7-9-12/h5-9,11,13,18H,10H2,1-4H3,(H,16,17). The molecule has 1 aromatic rings. The summed E-state index contributed by atoms with van der Waals surface area (Å²) in [4.78, 5) is 11.9. The van der Waals surface area contributed by atoms with E-state index < -0.39 is 5.60 Å². The Morgan fingerprint density at radius 2 is 1.83 bits per heavy atom. The highest BCUT2D eigenvalue weighted by Gasteiger charge is 2.30. The molecule has 0 bridgehead atoms. The molecule has 0 aliphatic heterocycles. The largest absolute Gasteiger partial charge is 0.390 e. The van der Waals surface area contributed by atoms with Gasteiger partial charge in [0.1, 0.15) is 0 Å². The molecule has 0 aliphatic rings. The molecule has 2 N–H and O–H groups in total. The first-order valence-electron chi connectivity index (χ1n) is 6.37. The molecule has 1 aromatic carbocycles. The van der Waals surface area contributed by atoms with Gasteiger partial charge in [-0.3, -0.25) is 4.79 Å². The van der Waals surface area contributed by atoms with Gasteiger partial charge < -0.3 is 10.4 Å². The number of carbonyl (C=O) groups is 1. The summed E-state index contributed by atoms with van der Waals surface area (Å²) in [6.45, 7) is 7.35. The van der Waals surface area contributed by atoms with Gasteiger partial charge in [0.05, 0.1) is 5.60 Å². The van der Waals surface area contributed by atoms with E-state index in [1.807, 2.05) is 44.2 Å². The zero-order valence-electron chi connectivity index (χ0n) is 11.6. The van der Waals surface area contributed by atoms with Crippen molar-refractivity contribution in [3.63, 3.8) is 0 Å². The van der Waals surface area contributed by atoms with Crippen molar-refractivity contribution < 1.29 is 9.90 Å². The number of hydrogen-bond donors (Lipinski definition) is 2. The minimum absolute atomic E-state index is 0.0269. The van der Waals surface area contributed by atoms with Crippen molar-refractivity contribution in [2.75, 3.05) is 0 Å². The number of nitrogens with one attached hydrogen (secondary N) is 1. The van der Waals surface area contributed by atoms with E-state index in [1.54, 1.807) is 13.8 Å². The van der Waals surface area contributed by atoms with Gasteiger partial charge in [-0.2, -0.15) is 0 Å². The number of carbonyl (C=O) groups excluding carboxylic acids is 1. The molecule has 1 atom stereocenters. The van der Waals surface area contributed by atoms with Gasteiger partial charge in [0, 0.05) is 18.4 Å². The average Bonchev–Trinajstić information content (AvgIpc) is 2.24. The van der Waals surface area contributed by atoms with Crippen molar-refractivity contribution in [3.8, 4) is 0 Å². The first-order chi connectivity index (χ1) is 8.30. The van der Waals surface area contributed by atoms with E-state index in [0.717, 1.165) is 5.56 Å². The average molecular weight is 249 g/mol. The van der Waals surface area contributed by atoms with Crippen molar-refractivity contribution in [1.29, 1.82) is 0 Å². The highest BCUT2D eigenvalue weighted by Crippen LogP contribution is 2.31. The van der Waals surface area contributed by atoms with Gasteiger partial charge in [-0.05, 0) is 33.3 Å². The van der Waals surface area contributed by atoms with Crippen LogP contribution in [0.15, 0.2) is 30.3 Å². The SMILES string of the molecule is CC(C)NC(=O)CC(c1ccccc1)C(C)(C)O. The van der Waals surface area contributed by atoms with Crippen LogP contribution in [-0.4, -0.2) is 22.7 Å². The fourth-order valence-corrected chi connectivity index (χ4v) is 2.03. The lowest BCUT2D eigenvalue weighted by molar-refractivity contribution is -0.123. The van der Waals surface area contributed by atoms with Gasteiger partial charge in [-0.1, -0.05) is 30.3 Å². The lowest BCUT2D eigenvalue weighted by atomic mass is 9.82. The molecule has 0 spiro atoms. The minimum atomic E-state index is -0.921. The summed E-state index contributed by atoms with van der Waals surface area (Å²) in [5, 5.41) is 13.1. The molecule has 0 saturated carbocycles. The van der Waals surface area contributed by atoms with Crippen molar-refractivity contribution in [3.05, 3.63) is 35.9 Å². The van der Waals surface area contributed by atoms with E-state index in [4.69, 9.17) is 0 Å². The Balaban J connectivity index is 2.85. The van der Waals surface area contributed by atoms with Crippen LogP contribution in [-0.2, 0) is 4.79 Å². The van der Waals surface area contributed by atoms with Crippen molar-refractivity contribution in [2.45, 2.75) is 51.7 Å². The molecule has 3 heteroatoms. The lowest BCUT2D eigenvalue weighted by Crippen LogP contribution is -2.36. The topological polar surface area (TPSA) is 49.3 Å². The fourth-order valence-electron chi connectivity index (χ4n) is 2.03. The molecule has 1 rings (SSSR count). The van der Waals surface area contributed by atoms with Crippen molar-refractivity contribution in [2.24, 2.45) is 0 Å². The van der Waals surface area contributed by atoms with Crippen molar-refractivity contribution in [1.82, 2.24) is 5.32 Å². The van der Waals surface area contributed by atoms with Crippen molar-refractivity contribution >= 4 is 5.91 Å². The van der Waals surface area contributed by atoms with Crippen LogP contribution in [0.1, 0.15) is 45.6 Å². The molecule has 0 aliphatic carbocycles. The number of amides is 1. The summed E-state index contributed by atoms with van der Waals surface area (Å²) in [5.74, 6) is -0.224. The number of hydrogen-bond acceptors (Lipinski definition) is 2. The molecular weight excluding hydrogens is 226 g/mol. The fraction of sp³-hybridized carbons (Fsp3) is 0.533. The molecule has 0 fully saturated rings. The third-order valence-corrected chi connectivity index (χ3v) is 2.89. The normalized spacial score (nSPS) is 13.4. The van der Waals surface area contributed by atoms with Crippen LogP contribution in [0.4, 0.5) is 0 Å². The molecule has 0 radical (unpaired) electrons. The molecule has 18 heavy (non-hydrogen) atoms. The quantitative estimate of drug-likeness (QED) is 0.842. The molecule has 1 amide bonds. The Morgan fingerprint density at radius 1 is 1.28 bits per heavy atom. The Kier molecular flexibility index (Phi) is 4.91. The summed E-state index contributed by atoms with van der Waals surface area (Å²) in [7, 11) is 0. The van der Waals surface area contributed by atoms with E-state index >= 15 is 0 Å².